The second kappa shape index (κ2) is 5.21. The molecule has 0 radical (unpaired) electrons. The summed E-state index contributed by atoms with van der Waals surface area (Å²) in [5.41, 5.74) is 3.23. The average Bonchev–Trinajstić information content (AvgIpc) is 2.11. The van der Waals surface area contributed by atoms with Gasteiger partial charge in [-0.1, -0.05) is 19.9 Å². The maximum Gasteiger partial charge on any atom is 0.303 e. The minimum atomic E-state index is -0.753. The number of benzene rings is 1. The summed E-state index contributed by atoms with van der Waals surface area (Å²) in [5, 5.41) is 12.1. The molecule has 0 heterocycles. The Morgan fingerprint density at radius 1 is 1.24 bits per heavy atom. The van der Waals surface area contributed by atoms with E-state index in [0.717, 1.165) is 5.69 Å². The van der Waals surface area contributed by atoms with Crippen LogP contribution in [0.1, 0.15) is 31.4 Å². The van der Waals surface area contributed by atoms with Crippen molar-refractivity contribution in [1.82, 2.24) is 0 Å². The molecule has 0 aliphatic heterocycles. The van der Waals surface area contributed by atoms with E-state index in [1.165, 1.54) is 11.1 Å². The smallest absolute Gasteiger partial charge is 0.303 e. The Labute approximate surface area is 103 Å². The monoisotopic (exact) mass is 235 g/mol. The van der Waals surface area contributed by atoms with E-state index < -0.39 is 5.97 Å². The highest BCUT2D eigenvalue weighted by atomic mass is 16.4. The van der Waals surface area contributed by atoms with E-state index in [2.05, 4.69) is 37.4 Å². The molecule has 0 bridgehead atoms. The normalized spacial score (nSPS) is 11.3. The molecule has 0 aliphatic rings. The molecule has 3 nitrogen and oxygen atoms in total. The summed E-state index contributed by atoms with van der Waals surface area (Å²) in [7, 11) is 0. The molecule has 3 heteroatoms. The Kier molecular flexibility index (Phi) is 4.16. The number of hydrogen-bond donors (Lipinski definition) is 2. The fourth-order valence-electron chi connectivity index (χ4n) is 1.89. The molecule has 94 valence electrons. The van der Waals surface area contributed by atoms with Gasteiger partial charge in [-0.25, -0.2) is 0 Å². The molecule has 0 aromatic heterocycles. The first-order chi connectivity index (χ1) is 7.78. The van der Waals surface area contributed by atoms with Crippen molar-refractivity contribution in [2.75, 3.05) is 11.9 Å². The zero-order valence-corrected chi connectivity index (χ0v) is 11.0. The number of carboxylic acid groups (broad SMARTS) is 1. The zero-order chi connectivity index (χ0) is 13.1. The van der Waals surface area contributed by atoms with Gasteiger partial charge >= 0.3 is 5.97 Å². The molecule has 0 unspecified atom stereocenters. The van der Waals surface area contributed by atoms with Crippen LogP contribution in [-0.2, 0) is 4.79 Å². The predicted octanol–water partition coefficient (Wildman–Crippen LogP) is 3.22. The number of hydrogen-bond acceptors (Lipinski definition) is 2. The Morgan fingerprint density at radius 2 is 1.76 bits per heavy atom. The van der Waals surface area contributed by atoms with E-state index in [1.54, 1.807) is 0 Å². The van der Waals surface area contributed by atoms with Gasteiger partial charge in [0, 0.05) is 12.2 Å². The number of nitrogens with one attached hydrogen (secondary N) is 1. The molecule has 0 amide bonds. The maximum absolute atomic E-state index is 10.7. The first-order valence-corrected chi connectivity index (χ1v) is 5.82. The largest absolute Gasteiger partial charge is 0.481 e. The molecule has 0 atom stereocenters. The van der Waals surface area contributed by atoms with Crippen molar-refractivity contribution >= 4 is 11.7 Å². The van der Waals surface area contributed by atoms with E-state index >= 15 is 0 Å². The third-order valence-electron chi connectivity index (χ3n) is 2.62. The lowest BCUT2D eigenvalue weighted by atomic mass is 9.89. The summed E-state index contributed by atoms with van der Waals surface area (Å²) >= 11 is 0. The van der Waals surface area contributed by atoms with Gasteiger partial charge in [-0.2, -0.15) is 0 Å². The van der Waals surface area contributed by atoms with Crippen LogP contribution in [0.2, 0.25) is 0 Å². The van der Waals surface area contributed by atoms with Gasteiger partial charge in [-0.3, -0.25) is 4.79 Å². The SMILES string of the molecule is Cc1cc(C)cc(NCC(C)(C)CC(=O)O)c1. The van der Waals surface area contributed by atoms with Crippen molar-refractivity contribution in [3.05, 3.63) is 29.3 Å². The molecule has 0 saturated heterocycles. The van der Waals surface area contributed by atoms with Gasteiger partial charge in [0.1, 0.15) is 0 Å². The minimum absolute atomic E-state index is 0.171. The Hall–Kier alpha value is -1.51. The van der Waals surface area contributed by atoms with Crippen LogP contribution < -0.4 is 5.32 Å². The summed E-state index contributed by atoms with van der Waals surface area (Å²) < 4.78 is 0. The number of carbonyl (C=O) groups is 1. The third-order valence-corrected chi connectivity index (χ3v) is 2.62. The molecule has 1 aromatic rings. The lowest BCUT2D eigenvalue weighted by Gasteiger charge is -2.23. The number of carboxylic acids is 1. The van der Waals surface area contributed by atoms with Gasteiger partial charge in [-0.05, 0) is 42.5 Å². The Morgan fingerprint density at radius 3 is 2.24 bits per heavy atom. The van der Waals surface area contributed by atoms with E-state index in [-0.39, 0.29) is 11.8 Å². The van der Waals surface area contributed by atoms with Gasteiger partial charge in [0.15, 0.2) is 0 Å². The molecular formula is C14H21NO2. The molecule has 0 saturated carbocycles. The van der Waals surface area contributed by atoms with Crippen LogP contribution in [0, 0.1) is 19.3 Å². The second-order valence-corrected chi connectivity index (χ2v) is 5.46. The third kappa shape index (κ3) is 4.89. The first-order valence-electron chi connectivity index (χ1n) is 5.82. The molecule has 2 N–H and O–H groups in total. The van der Waals surface area contributed by atoms with Gasteiger partial charge in [0.25, 0.3) is 0 Å². The van der Waals surface area contributed by atoms with Crippen LogP contribution in [0.4, 0.5) is 5.69 Å². The molecule has 1 aromatic carbocycles. The van der Waals surface area contributed by atoms with Crippen molar-refractivity contribution in [1.29, 1.82) is 0 Å². The highest BCUT2D eigenvalue weighted by Gasteiger charge is 2.21. The van der Waals surface area contributed by atoms with Crippen LogP contribution in [-0.4, -0.2) is 17.6 Å². The topological polar surface area (TPSA) is 49.3 Å². The fourth-order valence-corrected chi connectivity index (χ4v) is 1.89. The predicted molar refractivity (Wildman–Crippen MR) is 70.4 cm³/mol. The molecule has 1 rings (SSSR count). The second-order valence-electron chi connectivity index (χ2n) is 5.46. The molecule has 17 heavy (non-hydrogen) atoms. The maximum atomic E-state index is 10.7. The number of rotatable bonds is 5. The molecule has 0 fully saturated rings. The van der Waals surface area contributed by atoms with E-state index in [9.17, 15) is 4.79 Å². The van der Waals surface area contributed by atoms with Crippen LogP contribution in [0.25, 0.3) is 0 Å². The standard InChI is InChI=1S/C14H21NO2/c1-10-5-11(2)7-12(6-10)15-9-14(3,4)8-13(16)17/h5-7,15H,8-9H2,1-4H3,(H,16,17). The summed E-state index contributed by atoms with van der Waals surface area (Å²) in [6, 6.07) is 6.27. The average molecular weight is 235 g/mol. The molecule has 0 spiro atoms. The molecule has 0 aliphatic carbocycles. The highest BCUT2D eigenvalue weighted by Crippen LogP contribution is 2.22. The van der Waals surface area contributed by atoms with Crippen molar-refractivity contribution in [2.24, 2.45) is 5.41 Å². The van der Waals surface area contributed by atoms with Crippen molar-refractivity contribution < 1.29 is 9.90 Å². The van der Waals surface area contributed by atoms with Gasteiger partial charge in [-0.15, -0.1) is 0 Å². The van der Waals surface area contributed by atoms with Gasteiger partial charge < -0.3 is 10.4 Å². The highest BCUT2D eigenvalue weighted by molar-refractivity contribution is 5.67. The first kappa shape index (κ1) is 13.6. The lowest BCUT2D eigenvalue weighted by molar-refractivity contribution is -0.139. The van der Waals surface area contributed by atoms with Crippen molar-refractivity contribution in [3.8, 4) is 0 Å². The minimum Gasteiger partial charge on any atom is -0.481 e. The quantitative estimate of drug-likeness (QED) is 0.823. The summed E-state index contributed by atoms with van der Waals surface area (Å²) in [5.74, 6) is -0.753. The van der Waals surface area contributed by atoms with Gasteiger partial charge in [0.2, 0.25) is 0 Å². The summed E-state index contributed by atoms with van der Waals surface area (Å²) in [6.07, 6.45) is 0.171. The Bertz CT molecular complexity index is 390. The number of aryl methyl sites for hydroxylation is 2. The van der Waals surface area contributed by atoms with Crippen LogP contribution >= 0.6 is 0 Å². The van der Waals surface area contributed by atoms with Crippen molar-refractivity contribution in [3.63, 3.8) is 0 Å². The number of anilines is 1. The molecular weight excluding hydrogens is 214 g/mol. The summed E-state index contributed by atoms with van der Waals surface area (Å²) in [4.78, 5) is 10.7. The van der Waals surface area contributed by atoms with Crippen LogP contribution in [0.3, 0.4) is 0 Å². The number of aliphatic carboxylic acids is 1. The lowest BCUT2D eigenvalue weighted by Crippen LogP contribution is -2.26. The van der Waals surface area contributed by atoms with E-state index in [1.807, 2.05) is 13.8 Å². The van der Waals surface area contributed by atoms with Gasteiger partial charge in [0.05, 0.1) is 6.42 Å². The van der Waals surface area contributed by atoms with Crippen LogP contribution in [0.15, 0.2) is 18.2 Å². The summed E-state index contributed by atoms with van der Waals surface area (Å²) in [6.45, 7) is 8.68. The van der Waals surface area contributed by atoms with Crippen LogP contribution in [0.5, 0.6) is 0 Å². The zero-order valence-electron chi connectivity index (χ0n) is 11.0. The van der Waals surface area contributed by atoms with E-state index in [4.69, 9.17) is 5.11 Å². The van der Waals surface area contributed by atoms with E-state index in [0.29, 0.717) is 6.54 Å². The Balaban J connectivity index is 2.63. The fraction of sp³-hybridized carbons (Fsp3) is 0.500. The van der Waals surface area contributed by atoms with Crippen molar-refractivity contribution in [2.45, 2.75) is 34.1 Å².